The number of aromatic nitrogens is 2. The lowest BCUT2D eigenvalue weighted by Gasteiger charge is -2.34. The summed E-state index contributed by atoms with van der Waals surface area (Å²) < 4.78 is 11.3. The highest BCUT2D eigenvalue weighted by atomic mass is 16.6. The molecule has 11 nitrogen and oxygen atoms in total. The van der Waals surface area contributed by atoms with Crippen molar-refractivity contribution in [3.8, 4) is 11.3 Å². The van der Waals surface area contributed by atoms with Crippen molar-refractivity contribution in [2.45, 2.75) is 142 Å². The van der Waals surface area contributed by atoms with E-state index in [0.29, 0.717) is 25.2 Å². The van der Waals surface area contributed by atoms with Crippen LogP contribution < -0.4 is 10.2 Å². The molecule has 0 radical (unpaired) electrons. The number of nitrogens with zero attached hydrogens (tertiary/aromatic N) is 4. The van der Waals surface area contributed by atoms with Crippen molar-refractivity contribution in [1.82, 2.24) is 19.8 Å². The highest BCUT2D eigenvalue weighted by Gasteiger charge is 2.39. The minimum Gasteiger partial charge on any atom is -0.444 e. The summed E-state index contributed by atoms with van der Waals surface area (Å²) in [5.41, 5.74) is 6.28. The number of benzene rings is 3. The molecule has 1 aromatic heterocycles. The Labute approximate surface area is 349 Å². The molecule has 314 valence electrons. The first-order valence-electron chi connectivity index (χ1n) is 21.3. The average Bonchev–Trinajstić information content (AvgIpc) is 4.00. The average molecular weight is 803 g/mol. The molecule has 3 aliphatic heterocycles. The fourth-order valence-corrected chi connectivity index (χ4v) is 8.67. The minimum atomic E-state index is -0.628. The lowest BCUT2D eigenvalue weighted by atomic mass is 9.87. The van der Waals surface area contributed by atoms with Gasteiger partial charge in [-0.3, -0.25) is 14.6 Å². The van der Waals surface area contributed by atoms with Gasteiger partial charge >= 0.3 is 12.2 Å². The third kappa shape index (κ3) is 9.61. The second-order valence-electron chi connectivity index (χ2n) is 19.4. The molecule has 59 heavy (non-hydrogen) atoms. The number of carbonyl (C=O) groups excluding carboxylic acids is 3. The highest BCUT2D eigenvalue weighted by molar-refractivity contribution is 5.97. The van der Waals surface area contributed by atoms with Crippen LogP contribution in [0.4, 0.5) is 21.0 Å². The molecule has 3 aromatic carbocycles. The normalized spacial score (nSPS) is 21.2. The SMILES string of the molecule is CC(C)(C)OC(=O)N1CCCC1c1nc(-c2ccc(C3CCC(c4ccc(NC(=O)[C@H]5CCCN5C(=O)OC(C)(C)C)cc4)N3c3ccc(C(C)(C)C)cc3)cc2)c[nH]1. The Kier molecular flexibility index (Phi) is 11.6. The first-order chi connectivity index (χ1) is 27.8. The van der Waals surface area contributed by atoms with Crippen LogP contribution in [0, 0.1) is 0 Å². The van der Waals surface area contributed by atoms with Crippen LogP contribution in [0.15, 0.2) is 79.0 Å². The molecule has 11 heteroatoms. The van der Waals surface area contributed by atoms with Gasteiger partial charge in [-0.05, 0) is 126 Å². The molecule has 0 aliphatic carbocycles. The number of hydrogen-bond acceptors (Lipinski definition) is 7. The Balaban J connectivity index is 1.09. The van der Waals surface area contributed by atoms with Crippen LogP contribution in [-0.4, -0.2) is 68.2 Å². The number of nitrogens with one attached hydrogen (secondary N) is 2. The standard InChI is InChI=1S/C48H62N6O5/c1-46(2,3)34-20-24-36(25-21-34)54-38(32-16-14-31(15-17-32)37-30-49-42(51-37)40-12-10-28-52(40)44(56)58-47(4,5)6)26-27-39(54)33-18-22-35(23-19-33)50-43(55)41-13-11-29-53(41)45(57)59-48(7,8)9/h14-25,30,38-41H,10-13,26-29H2,1-9H3,(H,49,51)(H,50,55)/t38?,39?,40?,41-/m1/s1. The molecule has 2 N–H and O–H groups in total. The van der Waals surface area contributed by atoms with E-state index in [9.17, 15) is 14.4 Å². The van der Waals surface area contributed by atoms with E-state index < -0.39 is 23.3 Å². The Morgan fingerprint density at radius 2 is 1.20 bits per heavy atom. The lowest BCUT2D eigenvalue weighted by Crippen LogP contribution is -2.45. The summed E-state index contributed by atoms with van der Waals surface area (Å²) in [6.45, 7) is 19.0. The van der Waals surface area contributed by atoms with Crippen LogP contribution in [0.25, 0.3) is 11.3 Å². The molecular weight excluding hydrogens is 741 g/mol. The third-order valence-corrected chi connectivity index (χ3v) is 11.5. The number of rotatable bonds is 7. The summed E-state index contributed by atoms with van der Waals surface area (Å²) >= 11 is 0. The molecular formula is C48H62N6O5. The van der Waals surface area contributed by atoms with Crippen LogP contribution in [0.5, 0.6) is 0 Å². The van der Waals surface area contributed by atoms with Gasteiger partial charge in [-0.25, -0.2) is 14.6 Å². The summed E-state index contributed by atoms with van der Waals surface area (Å²) in [4.78, 5) is 53.5. The Morgan fingerprint density at radius 1 is 0.661 bits per heavy atom. The molecule has 4 aromatic rings. The van der Waals surface area contributed by atoms with Gasteiger partial charge in [-0.1, -0.05) is 69.3 Å². The van der Waals surface area contributed by atoms with E-state index in [1.54, 1.807) is 9.80 Å². The second kappa shape index (κ2) is 16.4. The van der Waals surface area contributed by atoms with Crippen LogP contribution in [0.3, 0.4) is 0 Å². The van der Waals surface area contributed by atoms with Crippen molar-refractivity contribution in [3.63, 3.8) is 0 Å². The molecule has 0 bridgehead atoms. The fourth-order valence-electron chi connectivity index (χ4n) is 8.67. The number of H-pyrrole nitrogens is 1. The smallest absolute Gasteiger partial charge is 0.410 e. The number of anilines is 2. The number of ether oxygens (including phenoxy) is 2. The number of likely N-dealkylation sites (tertiary alicyclic amines) is 2. The zero-order valence-electron chi connectivity index (χ0n) is 36.3. The van der Waals surface area contributed by atoms with E-state index in [-0.39, 0.29) is 35.5 Å². The molecule has 4 heterocycles. The number of aromatic amines is 1. The molecule has 0 spiro atoms. The van der Waals surface area contributed by atoms with E-state index in [1.807, 2.05) is 59.9 Å². The van der Waals surface area contributed by atoms with Gasteiger partial charge in [0.05, 0.1) is 23.8 Å². The summed E-state index contributed by atoms with van der Waals surface area (Å²) in [6.07, 6.45) is 6.23. The number of hydrogen-bond donors (Lipinski definition) is 2. The summed E-state index contributed by atoms with van der Waals surface area (Å²) in [6, 6.07) is 25.5. The maximum atomic E-state index is 13.4. The van der Waals surface area contributed by atoms with Crippen molar-refractivity contribution in [1.29, 1.82) is 0 Å². The maximum absolute atomic E-state index is 13.4. The largest absolute Gasteiger partial charge is 0.444 e. The zero-order chi connectivity index (χ0) is 42.3. The number of carbonyl (C=O) groups is 3. The molecule has 3 unspecified atom stereocenters. The van der Waals surface area contributed by atoms with E-state index in [0.717, 1.165) is 49.2 Å². The summed E-state index contributed by atoms with van der Waals surface area (Å²) in [5, 5.41) is 3.07. The van der Waals surface area contributed by atoms with Gasteiger partial charge < -0.3 is 24.7 Å². The van der Waals surface area contributed by atoms with Crippen LogP contribution in [0.2, 0.25) is 0 Å². The Morgan fingerprint density at radius 3 is 1.78 bits per heavy atom. The van der Waals surface area contributed by atoms with Gasteiger partial charge in [0.2, 0.25) is 5.91 Å². The van der Waals surface area contributed by atoms with Gasteiger partial charge in [0.15, 0.2) is 0 Å². The number of imidazole rings is 1. The van der Waals surface area contributed by atoms with Gasteiger partial charge in [0.1, 0.15) is 23.1 Å². The number of amides is 3. The molecule has 3 aliphatic rings. The van der Waals surface area contributed by atoms with Gasteiger partial charge in [0.25, 0.3) is 0 Å². The van der Waals surface area contributed by atoms with Crippen LogP contribution in [-0.2, 0) is 19.7 Å². The van der Waals surface area contributed by atoms with Gasteiger partial charge in [-0.2, -0.15) is 0 Å². The topological polar surface area (TPSA) is 120 Å². The maximum Gasteiger partial charge on any atom is 0.410 e. The predicted molar refractivity (Wildman–Crippen MR) is 232 cm³/mol. The van der Waals surface area contributed by atoms with Crippen molar-refractivity contribution in [2.75, 3.05) is 23.3 Å². The van der Waals surface area contributed by atoms with E-state index in [4.69, 9.17) is 14.5 Å². The van der Waals surface area contributed by atoms with E-state index in [1.165, 1.54) is 22.4 Å². The zero-order valence-corrected chi connectivity index (χ0v) is 36.3. The molecule has 4 atom stereocenters. The molecule has 0 saturated carbocycles. The quantitative estimate of drug-likeness (QED) is 0.191. The van der Waals surface area contributed by atoms with Crippen molar-refractivity contribution in [2.24, 2.45) is 0 Å². The first-order valence-corrected chi connectivity index (χ1v) is 21.3. The van der Waals surface area contributed by atoms with Crippen LogP contribution >= 0.6 is 0 Å². The van der Waals surface area contributed by atoms with Crippen LogP contribution in [0.1, 0.15) is 141 Å². The lowest BCUT2D eigenvalue weighted by molar-refractivity contribution is -0.120. The Bertz CT molecular complexity index is 2110. The minimum absolute atomic E-state index is 0.0405. The molecule has 7 rings (SSSR count). The van der Waals surface area contributed by atoms with Crippen molar-refractivity contribution >= 4 is 29.5 Å². The third-order valence-electron chi connectivity index (χ3n) is 11.5. The first kappa shape index (κ1) is 41.8. The van der Waals surface area contributed by atoms with E-state index >= 15 is 0 Å². The molecule has 3 amide bonds. The highest BCUT2D eigenvalue weighted by Crippen LogP contribution is 2.47. The van der Waals surface area contributed by atoms with Gasteiger partial charge in [0, 0.05) is 36.2 Å². The van der Waals surface area contributed by atoms with E-state index in [2.05, 4.69) is 96.6 Å². The Hall–Kier alpha value is -5.32. The summed E-state index contributed by atoms with van der Waals surface area (Å²) in [5.74, 6) is 0.585. The molecule has 3 saturated heterocycles. The second-order valence-corrected chi connectivity index (χ2v) is 19.4. The monoisotopic (exact) mass is 802 g/mol. The molecule has 3 fully saturated rings. The van der Waals surface area contributed by atoms with Crippen molar-refractivity contribution < 1.29 is 23.9 Å². The fraction of sp³-hybridized carbons (Fsp3) is 0.500. The summed E-state index contributed by atoms with van der Waals surface area (Å²) in [7, 11) is 0. The predicted octanol–water partition coefficient (Wildman–Crippen LogP) is 10.9. The van der Waals surface area contributed by atoms with Gasteiger partial charge in [-0.15, -0.1) is 0 Å². The van der Waals surface area contributed by atoms with Crippen molar-refractivity contribution in [3.05, 3.63) is 102 Å².